The number of nitrogens with two attached hydrogens (primary N) is 1. The van der Waals surface area contributed by atoms with Crippen LogP contribution >= 0.6 is 0 Å². The summed E-state index contributed by atoms with van der Waals surface area (Å²) in [5.41, 5.74) is 0.649. The Bertz CT molecular complexity index is 748. The van der Waals surface area contributed by atoms with Gasteiger partial charge in [-0.05, 0) is 13.0 Å². The molecule has 0 spiro atoms. The largest absolute Gasteiger partial charge is 0.390 e. The fourth-order valence-corrected chi connectivity index (χ4v) is 3.29. The Balaban J connectivity index is 2.64. The molecular formula is C12H13F3N2O2S. The normalized spacial score (nSPS) is 13.1. The molecule has 0 saturated heterocycles. The van der Waals surface area contributed by atoms with E-state index < -0.39 is 22.6 Å². The third kappa shape index (κ3) is 2.80. The molecule has 4 nitrogen and oxygen atoms in total. The number of hydrogen-bond donors (Lipinski definition) is 1. The van der Waals surface area contributed by atoms with Crippen LogP contribution in [0, 0.1) is 6.92 Å². The molecule has 0 aliphatic carbocycles. The van der Waals surface area contributed by atoms with Gasteiger partial charge in [0.05, 0.1) is 6.42 Å². The van der Waals surface area contributed by atoms with E-state index in [1.165, 1.54) is 17.6 Å². The van der Waals surface area contributed by atoms with Crippen LogP contribution < -0.4 is 5.14 Å². The van der Waals surface area contributed by atoms with E-state index in [1.54, 1.807) is 18.2 Å². The average Bonchev–Trinajstić information content (AvgIpc) is 2.56. The van der Waals surface area contributed by atoms with Crippen molar-refractivity contribution in [2.45, 2.75) is 31.0 Å². The summed E-state index contributed by atoms with van der Waals surface area (Å²) in [6.45, 7) is 1.11. The number of nitrogens with zero attached hydrogens (tertiary/aromatic N) is 1. The maximum absolute atomic E-state index is 12.4. The monoisotopic (exact) mass is 306 g/mol. The molecule has 0 bridgehead atoms. The first kappa shape index (κ1) is 14.9. The summed E-state index contributed by atoms with van der Waals surface area (Å²) >= 11 is 0. The molecule has 20 heavy (non-hydrogen) atoms. The van der Waals surface area contributed by atoms with Crippen molar-refractivity contribution in [3.63, 3.8) is 0 Å². The lowest BCUT2D eigenvalue weighted by atomic mass is 10.2. The number of benzene rings is 1. The lowest BCUT2D eigenvalue weighted by Gasteiger charge is -2.10. The molecule has 0 fully saturated rings. The summed E-state index contributed by atoms with van der Waals surface area (Å²) in [7, 11) is -4.00. The second-order valence-corrected chi connectivity index (χ2v) is 5.99. The Morgan fingerprint density at radius 3 is 2.40 bits per heavy atom. The predicted molar refractivity (Wildman–Crippen MR) is 68.7 cm³/mol. The minimum Gasteiger partial charge on any atom is -0.343 e. The minimum absolute atomic E-state index is 0.115. The predicted octanol–water partition coefficient (Wildman–Crippen LogP) is 2.55. The number of sulfonamides is 1. The molecule has 0 aliphatic rings. The van der Waals surface area contributed by atoms with E-state index in [1.807, 2.05) is 0 Å². The highest BCUT2D eigenvalue weighted by Gasteiger charge is 2.28. The van der Waals surface area contributed by atoms with E-state index in [4.69, 9.17) is 5.14 Å². The number of aromatic nitrogens is 1. The van der Waals surface area contributed by atoms with Crippen LogP contribution in [0.15, 0.2) is 29.2 Å². The quantitative estimate of drug-likeness (QED) is 0.947. The third-order valence-corrected chi connectivity index (χ3v) is 4.16. The van der Waals surface area contributed by atoms with E-state index in [-0.39, 0.29) is 17.1 Å². The number of hydrogen-bond acceptors (Lipinski definition) is 2. The molecule has 1 heterocycles. The Labute approximate surface area is 114 Å². The Morgan fingerprint density at radius 1 is 1.25 bits per heavy atom. The summed E-state index contributed by atoms with van der Waals surface area (Å²) in [6.07, 6.45) is -5.34. The standard InChI is InChI=1S/C12H13F3N2O2S/c1-8-11(20(16,18)19)9-4-2-3-5-10(9)17(8)7-6-12(13,14)15/h2-5H,6-7H2,1H3,(H2,16,18,19). The van der Waals surface area contributed by atoms with Crippen LogP contribution in [0.3, 0.4) is 0 Å². The lowest BCUT2D eigenvalue weighted by Crippen LogP contribution is -2.15. The summed E-state index contributed by atoms with van der Waals surface area (Å²) in [5, 5.41) is 5.50. The van der Waals surface area contributed by atoms with E-state index in [9.17, 15) is 21.6 Å². The van der Waals surface area contributed by atoms with Gasteiger partial charge in [0, 0.05) is 23.1 Å². The van der Waals surface area contributed by atoms with E-state index >= 15 is 0 Å². The lowest BCUT2D eigenvalue weighted by molar-refractivity contribution is -0.136. The van der Waals surface area contributed by atoms with E-state index in [0.29, 0.717) is 10.9 Å². The van der Waals surface area contributed by atoms with Gasteiger partial charge in [0.15, 0.2) is 0 Å². The number of para-hydroxylation sites is 1. The van der Waals surface area contributed by atoms with Crippen molar-refractivity contribution in [1.29, 1.82) is 0 Å². The number of halogens is 3. The number of aryl methyl sites for hydroxylation is 1. The molecule has 0 radical (unpaired) electrons. The highest BCUT2D eigenvalue weighted by molar-refractivity contribution is 7.89. The molecule has 1 aromatic heterocycles. The van der Waals surface area contributed by atoms with Crippen LogP contribution in [0.1, 0.15) is 12.1 Å². The molecule has 110 valence electrons. The average molecular weight is 306 g/mol. The van der Waals surface area contributed by atoms with Gasteiger partial charge in [0.2, 0.25) is 10.0 Å². The maximum atomic E-state index is 12.4. The molecule has 0 aliphatic heterocycles. The van der Waals surface area contributed by atoms with Crippen molar-refractivity contribution >= 4 is 20.9 Å². The number of fused-ring (bicyclic) bond motifs is 1. The summed E-state index contributed by atoms with van der Waals surface area (Å²) in [6, 6.07) is 6.36. The van der Waals surface area contributed by atoms with Crippen LogP contribution in [0.25, 0.3) is 10.9 Å². The first-order valence-electron chi connectivity index (χ1n) is 5.78. The maximum Gasteiger partial charge on any atom is 0.390 e. The third-order valence-electron chi connectivity index (χ3n) is 3.08. The van der Waals surface area contributed by atoms with Crippen molar-refractivity contribution < 1.29 is 21.6 Å². The molecular weight excluding hydrogens is 293 g/mol. The molecule has 0 atom stereocenters. The van der Waals surface area contributed by atoms with Gasteiger partial charge in [0.25, 0.3) is 0 Å². The molecule has 0 unspecified atom stereocenters. The summed E-state index contributed by atoms with van der Waals surface area (Å²) in [5.74, 6) is 0. The van der Waals surface area contributed by atoms with E-state index in [2.05, 4.69) is 0 Å². The van der Waals surface area contributed by atoms with Gasteiger partial charge in [-0.1, -0.05) is 18.2 Å². The van der Waals surface area contributed by atoms with E-state index in [0.717, 1.165) is 0 Å². The van der Waals surface area contributed by atoms with Crippen molar-refractivity contribution in [3.05, 3.63) is 30.0 Å². The van der Waals surface area contributed by atoms with Gasteiger partial charge < -0.3 is 4.57 Å². The molecule has 2 rings (SSSR count). The molecule has 0 saturated carbocycles. The zero-order valence-electron chi connectivity index (χ0n) is 10.6. The molecule has 8 heteroatoms. The first-order valence-corrected chi connectivity index (χ1v) is 7.33. The molecule has 2 N–H and O–H groups in total. The Morgan fingerprint density at radius 2 is 1.85 bits per heavy atom. The second-order valence-electron chi connectivity index (χ2n) is 4.49. The fraction of sp³-hybridized carbons (Fsp3) is 0.333. The van der Waals surface area contributed by atoms with Crippen LogP contribution in [0.2, 0.25) is 0 Å². The van der Waals surface area contributed by atoms with Crippen LogP contribution in [-0.4, -0.2) is 19.2 Å². The molecule has 2 aromatic rings. The molecule has 1 aromatic carbocycles. The zero-order valence-corrected chi connectivity index (χ0v) is 11.4. The Kier molecular flexibility index (Phi) is 3.55. The van der Waals surface area contributed by atoms with Gasteiger partial charge in [-0.2, -0.15) is 13.2 Å². The van der Waals surface area contributed by atoms with Crippen LogP contribution in [0.5, 0.6) is 0 Å². The summed E-state index contributed by atoms with van der Waals surface area (Å²) < 4.78 is 61.7. The van der Waals surface area contributed by atoms with Gasteiger partial charge >= 0.3 is 6.18 Å². The topological polar surface area (TPSA) is 65.1 Å². The molecule has 0 amide bonds. The first-order chi connectivity index (χ1) is 9.11. The van der Waals surface area contributed by atoms with Crippen molar-refractivity contribution in [2.24, 2.45) is 5.14 Å². The highest BCUT2D eigenvalue weighted by atomic mass is 32.2. The fourth-order valence-electron chi connectivity index (χ4n) is 2.29. The SMILES string of the molecule is Cc1c(S(N)(=O)=O)c2ccccc2n1CCC(F)(F)F. The van der Waals surface area contributed by atoms with Crippen molar-refractivity contribution in [1.82, 2.24) is 4.57 Å². The Hall–Kier alpha value is -1.54. The summed E-state index contributed by atoms with van der Waals surface area (Å²) in [4.78, 5) is -0.115. The second kappa shape index (κ2) is 4.78. The number of primary sulfonamides is 1. The van der Waals surface area contributed by atoms with Crippen LogP contribution in [0.4, 0.5) is 13.2 Å². The number of rotatable bonds is 3. The van der Waals surface area contributed by atoms with Crippen molar-refractivity contribution in [2.75, 3.05) is 0 Å². The minimum atomic E-state index is -4.31. The zero-order chi connectivity index (χ0) is 15.1. The van der Waals surface area contributed by atoms with Gasteiger partial charge in [0.1, 0.15) is 4.90 Å². The van der Waals surface area contributed by atoms with Crippen molar-refractivity contribution in [3.8, 4) is 0 Å². The van der Waals surface area contributed by atoms with Gasteiger partial charge in [-0.15, -0.1) is 0 Å². The highest BCUT2D eigenvalue weighted by Crippen LogP contribution is 2.30. The smallest absolute Gasteiger partial charge is 0.343 e. The van der Waals surface area contributed by atoms with Crippen LogP contribution in [-0.2, 0) is 16.6 Å². The van der Waals surface area contributed by atoms with Gasteiger partial charge in [-0.25, -0.2) is 13.6 Å². The van der Waals surface area contributed by atoms with Gasteiger partial charge in [-0.3, -0.25) is 0 Å². The number of alkyl halides is 3.